The third-order valence-electron chi connectivity index (χ3n) is 12.8. The van der Waals surface area contributed by atoms with Gasteiger partial charge in [0, 0.05) is 53.8 Å². The van der Waals surface area contributed by atoms with Crippen molar-refractivity contribution in [2.24, 2.45) is 13.0 Å². The number of anilines is 1. The van der Waals surface area contributed by atoms with Crippen LogP contribution in [-0.2, 0) is 47.7 Å². The Morgan fingerprint density at radius 1 is 0.926 bits per heavy atom. The van der Waals surface area contributed by atoms with E-state index in [2.05, 4.69) is 47.3 Å². The molecule has 3 aliphatic rings. The first kappa shape index (κ1) is 47.0. The van der Waals surface area contributed by atoms with Gasteiger partial charge in [-0.2, -0.15) is 18.2 Å². The van der Waals surface area contributed by atoms with Crippen LogP contribution in [0.3, 0.4) is 0 Å². The van der Waals surface area contributed by atoms with Crippen molar-refractivity contribution in [1.29, 1.82) is 0 Å². The number of nitrogens with one attached hydrogen (secondary N) is 1. The van der Waals surface area contributed by atoms with Crippen LogP contribution in [0, 0.1) is 5.92 Å². The van der Waals surface area contributed by atoms with Gasteiger partial charge in [-0.05, 0) is 79.2 Å². The van der Waals surface area contributed by atoms with E-state index in [0.717, 1.165) is 4.57 Å². The van der Waals surface area contributed by atoms with Gasteiger partial charge in [0.1, 0.15) is 5.69 Å². The number of methoxy groups -OCH3 is 3. The van der Waals surface area contributed by atoms with Crippen LogP contribution in [-0.4, -0.2) is 71.7 Å². The first-order chi connectivity index (χ1) is 32.3. The van der Waals surface area contributed by atoms with Crippen LogP contribution in [0.25, 0.3) is 11.0 Å². The number of allylic oxidation sites excluding steroid dienone is 2. The molecule has 4 unspecified atom stereocenters. The van der Waals surface area contributed by atoms with Crippen molar-refractivity contribution in [3.63, 3.8) is 0 Å². The fourth-order valence-electron chi connectivity index (χ4n) is 9.70. The average Bonchev–Trinajstić information content (AvgIpc) is 3.68. The number of fused-ring (bicyclic) bond motifs is 5. The molecule has 68 heavy (non-hydrogen) atoms. The van der Waals surface area contributed by atoms with Crippen molar-refractivity contribution in [3.8, 4) is 23.0 Å². The van der Waals surface area contributed by atoms with Crippen LogP contribution in [0.5, 0.6) is 23.0 Å². The molecule has 1 aliphatic carbocycles. The summed E-state index contributed by atoms with van der Waals surface area (Å²) in [4.78, 5) is 81.8. The number of pyridine rings is 1. The van der Waals surface area contributed by atoms with Gasteiger partial charge >= 0.3 is 17.6 Å². The highest BCUT2D eigenvalue weighted by Gasteiger charge is 2.69. The fourth-order valence-corrected chi connectivity index (χ4v) is 11.0. The van der Waals surface area contributed by atoms with Crippen LogP contribution >= 0.6 is 55.1 Å². The highest BCUT2D eigenvalue weighted by Crippen LogP contribution is 2.64. The minimum atomic E-state index is -4.81. The number of aryl methyl sites for hydroxylation is 2. The zero-order valence-corrected chi connectivity index (χ0v) is 40.5. The number of phenols is 1. The number of aromatic hydroxyl groups is 1. The van der Waals surface area contributed by atoms with E-state index in [1.54, 1.807) is 37.4 Å². The maximum absolute atomic E-state index is 15.6. The minimum Gasteiger partial charge on any atom is -0.503 e. The number of nitrogens with zero attached hydrogens (tertiary/aromatic N) is 7. The summed E-state index contributed by atoms with van der Waals surface area (Å²) in [7, 11) is 5.78. The Morgan fingerprint density at radius 3 is 2.25 bits per heavy atom. The predicted molar refractivity (Wildman–Crippen MR) is 248 cm³/mol. The van der Waals surface area contributed by atoms with Crippen molar-refractivity contribution in [1.82, 2.24) is 33.5 Å². The van der Waals surface area contributed by atoms with E-state index in [4.69, 9.17) is 37.4 Å². The highest BCUT2D eigenvalue weighted by molar-refractivity contribution is 9.13. The Kier molecular flexibility index (Phi) is 11.8. The van der Waals surface area contributed by atoms with Gasteiger partial charge in [-0.25, -0.2) is 33.5 Å². The minimum absolute atomic E-state index is 0.0323. The maximum Gasteiger partial charge on any atom is 0.417 e. The van der Waals surface area contributed by atoms with Gasteiger partial charge in [-0.3, -0.25) is 19.8 Å². The first-order valence-corrected chi connectivity index (χ1v) is 22.7. The van der Waals surface area contributed by atoms with E-state index in [1.165, 1.54) is 53.5 Å². The number of hydrogen-bond acceptors (Lipinski definition) is 12. The van der Waals surface area contributed by atoms with E-state index in [9.17, 15) is 32.7 Å². The molecular weight excluding hydrogens is 1070 g/mol. The number of halogens is 7. The molecule has 24 heteroatoms. The normalized spacial score (nSPS) is 20.0. The Bertz CT molecular complexity index is 3360. The van der Waals surface area contributed by atoms with E-state index in [-0.39, 0.29) is 57.6 Å². The van der Waals surface area contributed by atoms with E-state index >= 15 is 9.59 Å². The van der Waals surface area contributed by atoms with Gasteiger partial charge in [0.25, 0.3) is 17.4 Å². The van der Waals surface area contributed by atoms with Gasteiger partial charge < -0.3 is 23.9 Å². The van der Waals surface area contributed by atoms with Crippen LogP contribution in [0.4, 0.5) is 19.0 Å². The van der Waals surface area contributed by atoms with Crippen molar-refractivity contribution in [2.45, 2.75) is 49.5 Å². The summed E-state index contributed by atoms with van der Waals surface area (Å²) in [5.41, 5.74) is -0.608. The quantitative estimate of drug-likeness (QED) is 0.107. The van der Waals surface area contributed by atoms with Crippen LogP contribution in [0.2, 0.25) is 10.0 Å². The monoisotopic (exact) mass is 1100 g/mol. The molecule has 3 aromatic carbocycles. The molecule has 2 aliphatic heterocycles. The molecule has 3 aromatic heterocycles. The smallest absolute Gasteiger partial charge is 0.417 e. The number of carbonyl (C=O) groups excluding carboxylic acids is 2. The second kappa shape index (κ2) is 17.1. The lowest BCUT2D eigenvalue weighted by Crippen LogP contribution is -2.53. The van der Waals surface area contributed by atoms with Crippen molar-refractivity contribution in [2.75, 3.05) is 26.8 Å². The number of phenolic OH excluding ortho intramolecular Hbond substituents is 1. The summed E-state index contributed by atoms with van der Waals surface area (Å²) in [5, 5.41) is 11.5. The number of hydrazine groups is 1. The van der Waals surface area contributed by atoms with Crippen molar-refractivity contribution < 1.29 is 42.1 Å². The maximum atomic E-state index is 15.6. The van der Waals surface area contributed by atoms with E-state index in [0.29, 0.717) is 56.0 Å². The van der Waals surface area contributed by atoms with Gasteiger partial charge in [-0.1, -0.05) is 41.4 Å². The molecule has 1 saturated heterocycles. The molecule has 4 atom stereocenters. The van der Waals surface area contributed by atoms with Crippen LogP contribution < -0.4 is 36.6 Å². The molecule has 5 heterocycles. The third kappa shape index (κ3) is 7.11. The molecule has 17 nitrogen and oxygen atoms in total. The summed E-state index contributed by atoms with van der Waals surface area (Å²) in [5.74, 6) is -4.37. The van der Waals surface area contributed by atoms with E-state index in [1.807, 2.05) is 0 Å². The predicted octanol–water partition coefficient (Wildman–Crippen LogP) is 6.90. The third-order valence-corrected chi connectivity index (χ3v) is 15.5. The van der Waals surface area contributed by atoms with Gasteiger partial charge in [0.15, 0.2) is 28.8 Å². The van der Waals surface area contributed by atoms with Gasteiger partial charge in [0.05, 0.1) is 71.3 Å². The van der Waals surface area contributed by atoms with E-state index < -0.39 is 74.6 Å². The SMILES string of the molecule is COc1cc2nc(CCn3c(=O)n4n(c3=O)C3CC5C(=O)N(Nc6ncc(C(F)(F)F)cc6Cl)C(=O)C5(c5ccc(Cl)cc5)C(c5cc(OC)c(O)c(Br)c5Br)C3=CC4)c(=O)n(C)c2cc1OC. The molecule has 0 spiro atoms. The summed E-state index contributed by atoms with van der Waals surface area (Å²) in [6.45, 7) is -0.468. The largest absolute Gasteiger partial charge is 0.503 e. The lowest BCUT2D eigenvalue weighted by Gasteiger charge is -2.49. The Labute approximate surface area is 408 Å². The fraction of sp³-hybridized carbons (Fsp3) is 0.295. The number of benzene rings is 3. The van der Waals surface area contributed by atoms with Crippen LogP contribution in [0.15, 0.2) is 89.7 Å². The number of aromatic nitrogens is 6. The van der Waals surface area contributed by atoms with Gasteiger partial charge in [-0.15, -0.1) is 0 Å². The molecular formula is C44H35Br2Cl2F3N8O9. The van der Waals surface area contributed by atoms with Crippen molar-refractivity contribution >= 4 is 83.7 Å². The number of carbonyl (C=O) groups is 2. The topological polar surface area (TPSA) is 194 Å². The second-order valence-corrected chi connectivity index (χ2v) is 18.5. The number of ether oxygens (including phenoxy) is 3. The number of alkyl halides is 3. The van der Waals surface area contributed by atoms with Crippen molar-refractivity contribution in [3.05, 3.63) is 139 Å². The summed E-state index contributed by atoms with van der Waals surface area (Å²) < 4.78 is 62.4. The molecule has 354 valence electrons. The molecule has 0 radical (unpaired) electrons. The Balaban J connectivity index is 1.20. The number of amides is 2. The number of imide groups is 1. The lowest BCUT2D eigenvalue weighted by atomic mass is 9.53. The Morgan fingerprint density at radius 2 is 1.60 bits per heavy atom. The Hall–Kier alpha value is -6.10. The zero-order valence-electron chi connectivity index (χ0n) is 35.8. The number of hydrogen-bond donors (Lipinski definition) is 2. The molecule has 1 saturated carbocycles. The lowest BCUT2D eigenvalue weighted by molar-refractivity contribution is -0.139. The summed E-state index contributed by atoms with van der Waals surface area (Å²) >= 11 is 19.7. The molecule has 0 bridgehead atoms. The molecule has 2 N–H and O–H groups in total. The highest BCUT2D eigenvalue weighted by atomic mass is 79.9. The second-order valence-electron chi connectivity index (χ2n) is 16.1. The van der Waals surface area contributed by atoms with Gasteiger partial charge in [0.2, 0.25) is 0 Å². The molecule has 9 rings (SSSR count). The zero-order chi connectivity index (χ0) is 48.9. The molecule has 2 fully saturated rings. The number of rotatable bonds is 10. The molecule has 2 amide bonds. The molecule has 6 aromatic rings. The summed E-state index contributed by atoms with van der Waals surface area (Å²) in [6.07, 6.45) is -3.03. The first-order valence-electron chi connectivity index (χ1n) is 20.4. The van der Waals surface area contributed by atoms with Crippen LogP contribution in [0.1, 0.15) is 40.8 Å². The summed E-state index contributed by atoms with van der Waals surface area (Å²) in [6, 6.07) is 10.4. The average molecular weight is 1110 g/mol. The standard InChI is InChI=1S/C44H35Br2Cl2F3N8O9/c1-55-29-17-31(67-3)30(66-2)16-27(29)53-26(39(55)62)10-11-56-41(64)57-12-9-22-28(59(57)42(56)65)15-24-38(61)58(54-37-25(48)13-20(18-52-37)44(49,50)51)40(63)43(24,19-5-7-21(47)8-6-19)33(22)23-14-32(68-4)36(60)35(46)34(23)45/h5-9,13-14,16-18,24,28,33,60H,10-12,15H2,1-4H3,(H,52,54).